The largest absolute Gasteiger partial charge is 0.310 e. The molecule has 0 saturated carbocycles. The second-order valence-corrected chi connectivity index (χ2v) is 6.22. The lowest BCUT2D eigenvalue weighted by molar-refractivity contribution is -0.385. The maximum atomic E-state index is 14.2. The molecule has 6 nitrogen and oxygen atoms in total. The van der Waals surface area contributed by atoms with Gasteiger partial charge in [0.15, 0.2) is 10.6 Å². The molecule has 0 unspecified atom stereocenters. The molecule has 1 amide bonds. The molecule has 2 aromatic carbocycles. The van der Waals surface area contributed by atoms with Crippen molar-refractivity contribution in [1.29, 1.82) is 0 Å². The predicted molar refractivity (Wildman–Crippen MR) is 92.9 cm³/mol. The standard InChI is InChI=1S/C17H11F2N3O3S/c1-2-7-21-15-12(19)8-10(18)9-14(15)26-17(21)20-16(23)11-5-3-4-6-13(11)22(24)25/h2-6,8-9H,1,7H2. The van der Waals surface area contributed by atoms with E-state index in [-0.39, 0.29) is 32.8 Å². The Labute approximate surface area is 149 Å². The van der Waals surface area contributed by atoms with Gasteiger partial charge < -0.3 is 4.57 Å². The van der Waals surface area contributed by atoms with E-state index in [1.54, 1.807) is 0 Å². The van der Waals surface area contributed by atoms with Crippen LogP contribution < -0.4 is 4.80 Å². The van der Waals surface area contributed by atoms with Gasteiger partial charge in [0, 0.05) is 18.7 Å². The minimum absolute atomic E-state index is 0.0883. The highest BCUT2D eigenvalue weighted by molar-refractivity contribution is 7.16. The van der Waals surface area contributed by atoms with Crippen LogP contribution in [0.15, 0.2) is 54.0 Å². The van der Waals surface area contributed by atoms with Crippen LogP contribution in [0, 0.1) is 21.7 Å². The van der Waals surface area contributed by atoms with Gasteiger partial charge >= 0.3 is 0 Å². The molecule has 0 fully saturated rings. The number of thiazole rings is 1. The third-order valence-electron chi connectivity index (χ3n) is 3.54. The van der Waals surface area contributed by atoms with Crippen molar-refractivity contribution < 1.29 is 18.5 Å². The topological polar surface area (TPSA) is 77.5 Å². The number of carbonyl (C=O) groups is 1. The van der Waals surface area contributed by atoms with Gasteiger partial charge in [-0.05, 0) is 12.1 Å². The number of fused-ring (bicyclic) bond motifs is 1. The van der Waals surface area contributed by atoms with E-state index in [0.29, 0.717) is 0 Å². The molecule has 0 atom stereocenters. The van der Waals surface area contributed by atoms with Gasteiger partial charge in [0.25, 0.3) is 11.6 Å². The molecule has 132 valence electrons. The number of amides is 1. The number of nitro benzene ring substituents is 1. The van der Waals surface area contributed by atoms with E-state index < -0.39 is 22.5 Å². The van der Waals surface area contributed by atoms with Crippen molar-refractivity contribution in [2.24, 2.45) is 4.99 Å². The maximum Gasteiger partial charge on any atom is 0.286 e. The average Bonchev–Trinajstić information content (AvgIpc) is 2.92. The van der Waals surface area contributed by atoms with Gasteiger partial charge in [-0.2, -0.15) is 4.99 Å². The van der Waals surface area contributed by atoms with E-state index in [0.717, 1.165) is 23.5 Å². The Hall–Kier alpha value is -3.20. The molecule has 0 aliphatic heterocycles. The summed E-state index contributed by atoms with van der Waals surface area (Å²) in [5.41, 5.74) is -0.480. The van der Waals surface area contributed by atoms with Crippen LogP contribution in [-0.2, 0) is 6.54 Å². The van der Waals surface area contributed by atoms with Crippen molar-refractivity contribution in [2.75, 3.05) is 0 Å². The smallest absolute Gasteiger partial charge is 0.286 e. The highest BCUT2D eigenvalue weighted by atomic mass is 32.1. The van der Waals surface area contributed by atoms with Crippen LogP contribution in [0.3, 0.4) is 0 Å². The second-order valence-electron chi connectivity index (χ2n) is 5.21. The Morgan fingerprint density at radius 1 is 1.35 bits per heavy atom. The molecule has 0 aliphatic carbocycles. The van der Waals surface area contributed by atoms with E-state index in [1.807, 2.05) is 0 Å². The zero-order chi connectivity index (χ0) is 18.8. The van der Waals surface area contributed by atoms with Crippen LogP contribution in [0.1, 0.15) is 10.4 Å². The molecule has 0 bridgehead atoms. The van der Waals surface area contributed by atoms with Crippen molar-refractivity contribution in [3.05, 3.63) is 81.2 Å². The molecule has 3 aromatic rings. The first-order valence-corrected chi connectivity index (χ1v) is 8.15. The lowest BCUT2D eigenvalue weighted by Gasteiger charge is -2.02. The van der Waals surface area contributed by atoms with Crippen LogP contribution in [0.4, 0.5) is 14.5 Å². The number of allylic oxidation sites excluding steroid dienone is 1. The first-order valence-electron chi connectivity index (χ1n) is 7.34. The van der Waals surface area contributed by atoms with Gasteiger partial charge in [-0.1, -0.05) is 29.5 Å². The molecule has 26 heavy (non-hydrogen) atoms. The lowest BCUT2D eigenvalue weighted by Crippen LogP contribution is -2.17. The van der Waals surface area contributed by atoms with E-state index in [4.69, 9.17) is 0 Å². The molecule has 0 radical (unpaired) electrons. The number of nitro groups is 1. The van der Waals surface area contributed by atoms with Crippen LogP contribution in [0.2, 0.25) is 0 Å². The summed E-state index contributed by atoms with van der Waals surface area (Å²) in [6.07, 6.45) is 1.48. The number of benzene rings is 2. The second kappa shape index (κ2) is 6.96. The fourth-order valence-electron chi connectivity index (χ4n) is 2.47. The molecule has 0 N–H and O–H groups in total. The zero-order valence-corrected chi connectivity index (χ0v) is 14.0. The summed E-state index contributed by atoms with van der Waals surface area (Å²) in [6, 6.07) is 7.27. The molecule has 3 rings (SSSR count). The summed E-state index contributed by atoms with van der Waals surface area (Å²) in [5.74, 6) is -2.39. The number of rotatable bonds is 4. The monoisotopic (exact) mass is 375 g/mol. The first kappa shape index (κ1) is 17.6. The first-order chi connectivity index (χ1) is 12.4. The molecule has 9 heteroatoms. The number of halogens is 2. The third-order valence-corrected chi connectivity index (χ3v) is 4.56. The number of carbonyl (C=O) groups excluding carboxylic acids is 1. The minimum Gasteiger partial charge on any atom is -0.310 e. The summed E-state index contributed by atoms with van der Waals surface area (Å²) in [7, 11) is 0. The number of hydrogen-bond acceptors (Lipinski definition) is 4. The Bertz CT molecular complexity index is 1120. The van der Waals surface area contributed by atoms with Crippen molar-refractivity contribution in [2.45, 2.75) is 6.54 Å². The summed E-state index contributed by atoms with van der Waals surface area (Å²) in [4.78, 5) is 26.8. The maximum absolute atomic E-state index is 14.2. The highest BCUT2D eigenvalue weighted by Crippen LogP contribution is 2.23. The highest BCUT2D eigenvalue weighted by Gasteiger charge is 2.20. The molecule has 0 spiro atoms. The average molecular weight is 375 g/mol. The lowest BCUT2D eigenvalue weighted by atomic mass is 10.2. The van der Waals surface area contributed by atoms with Crippen molar-refractivity contribution in [1.82, 2.24) is 4.57 Å². The number of hydrogen-bond donors (Lipinski definition) is 0. The summed E-state index contributed by atoms with van der Waals surface area (Å²) in [6.45, 7) is 3.71. The summed E-state index contributed by atoms with van der Waals surface area (Å²) in [5, 5.41) is 11.1. The van der Waals surface area contributed by atoms with Gasteiger partial charge in [0.2, 0.25) is 0 Å². The van der Waals surface area contributed by atoms with E-state index in [2.05, 4.69) is 11.6 Å². The molecule has 1 heterocycles. The van der Waals surface area contributed by atoms with E-state index >= 15 is 0 Å². The Morgan fingerprint density at radius 2 is 2.08 bits per heavy atom. The predicted octanol–water partition coefficient (Wildman–Crippen LogP) is 3.82. The summed E-state index contributed by atoms with van der Waals surface area (Å²) < 4.78 is 29.3. The molecule has 0 aliphatic rings. The Morgan fingerprint density at radius 3 is 2.77 bits per heavy atom. The third kappa shape index (κ3) is 3.16. The SMILES string of the molecule is C=CCn1c(=NC(=O)c2ccccc2[N+](=O)[O-])sc2cc(F)cc(F)c21. The van der Waals surface area contributed by atoms with Gasteiger partial charge in [0.05, 0.1) is 15.1 Å². The normalized spacial score (nSPS) is 11.7. The van der Waals surface area contributed by atoms with Crippen molar-refractivity contribution in [3.8, 4) is 0 Å². The van der Waals surface area contributed by atoms with Crippen LogP contribution in [0.25, 0.3) is 10.2 Å². The van der Waals surface area contributed by atoms with Crippen LogP contribution in [0.5, 0.6) is 0 Å². The van der Waals surface area contributed by atoms with Gasteiger partial charge in [-0.3, -0.25) is 14.9 Å². The number of aromatic nitrogens is 1. The minimum atomic E-state index is -0.845. The van der Waals surface area contributed by atoms with Gasteiger partial charge in [-0.25, -0.2) is 8.78 Å². The van der Waals surface area contributed by atoms with E-state index in [1.165, 1.54) is 34.9 Å². The number of para-hydroxylation sites is 1. The summed E-state index contributed by atoms with van der Waals surface area (Å²) >= 11 is 0.907. The fourth-order valence-corrected chi connectivity index (χ4v) is 3.55. The van der Waals surface area contributed by atoms with Gasteiger partial charge in [-0.15, -0.1) is 6.58 Å². The molecule has 1 aromatic heterocycles. The quantitative estimate of drug-likeness (QED) is 0.395. The van der Waals surface area contributed by atoms with Crippen LogP contribution >= 0.6 is 11.3 Å². The fraction of sp³-hybridized carbons (Fsp3) is 0.0588. The van der Waals surface area contributed by atoms with Crippen LogP contribution in [-0.4, -0.2) is 15.4 Å². The Balaban J connectivity index is 2.23. The van der Waals surface area contributed by atoms with Crippen molar-refractivity contribution in [3.63, 3.8) is 0 Å². The van der Waals surface area contributed by atoms with Gasteiger partial charge in [0.1, 0.15) is 11.4 Å². The van der Waals surface area contributed by atoms with Crippen molar-refractivity contribution >= 4 is 33.1 Å². The van der Waals surface area contributed by atoms with E-state index in [9.17, 15) is 23.7 Å². The Kier molecular flexibility index (Phi) is 4.72. The molecular weight excluding hydrogens is 364 g/mol. The number of nitrogens with zero attached hydrogens (tertiary/aromatic N) is 3. The molecular formula is C17H11F2N3O3S. The zero-order valence-electron chi connectivity index (χ0n) is 13.2. The molecule has 0 saturated heterocycles.